The van der Waals surface area contributed by atoms with Crippen molar-refractivity contribution < 1.29 is 26.7 Å². The van der Waals surface area contributed by atoms with Gasteiger partial charge in [-0.05, 0) is 18.6 Å². The van der Waals surface area contributed by atoms with E-state index in [0.29, 0.717) is 5.56 Å². The lowest BCUT2D eigenvalue weighted by Gasteiger charge is -2.21. The number of rotatable bonds is 3. The van der Waals surface area contributed by atoms with E-state index < -0.39 is 24.0 Å². The highest BCUT2D eigenvalue weighted by Gasteiger charge is 2.63. The molecule has 0 fully saturated rings. The Bertz CT molecular complexity index is 418. The van der Waals surface area contributed by atoms with Gasteiger partial charge in [0.1, 0.15) is 0 Å². The van der Waals surface area contributed by atoms with Crippen LogP contribution in [0.4, 0.5) is 22.0 Å². The third kappa shape index (κ3) is 2.93. The number of alkyl halides is 5. The predicted molar refractivity (Wildman–Crippen MR) is 51.8 cm³/mol. The molecule has 0 radical (unpaired) electrons. The maximum absolute atomic E-state index is 12.6. The molecule has 1 rings (SSSR count). The first-order valence-electron chi connectivity index (χ1n) is 4.81. The Labute approximate surface area is 99.0 Å². The van der Waals surface area contributed by atoms with E-state index in [0.717, 1.165) is 0 Å². The minimum atomic E-state index is -5.91. The summed E-state index contributed by atoms with van der Waals surface area (Å²) in [6.45, 7) is 1.28. The molecule has 3 nitrogen and oxygen atoms in total. The lowest BCUT2D eigenvalue weighted by molar-refractivity contribution is -0.270. The molecule has 0 aromatic carbocycles. The summed E-state index contributed by atoms with van der Waals surface area (Å²) in [4.78, 5) is 14.6. The summed E-state index contributed by atoms with van der Waals surface area (Å²) in [5, 5.41) is 1.59. The van der Waals surface area contributed by atoms with Gasteiger partial charge in [-0.25, -0.2) is 0 Å². The topological polar surface area (TPSA) is 42.0 Å². The van der Waals surface area contributed by atoms with Gasteiger partial charge in [-0.2, -0.15) is 22.0 Å². The second kappa shape index (κ2) is 4.87. The average molecular weight is 268 g/mol. The molecule has 0 aliphatic carbocycles. The van der Waals surface area contributed by atoms with Crippen LogP contribution in [0.2, 0.25) is 0 Å². The fourth-order valence-electron chi connectivity index (χ4n) is 1.13. The zero-order valence-corrected chi connectivity index (χ0v) is 9.13. The van der Waals surface area contributed by atoms with Crippen molar-refractivity contribution in [2.75, 3.05) is 0 Å². The Morgan fingerprint density at radius 1 is 1.33 bits per heavy atom. The van der Waals surface area contributed by atoms with Crippen LogP contribution in [0.15, 0.2) is 24.5 Å². The Kier molecular flexibility index (Phi) is 3.88. The number of aromatic nitrogens is 1. The van der Waals surface area contributed by atoms with Gasteiger partial charge in [-0.15, -0.1) is 0 Å². The van der Waals surface area contributed by atoms with Gasteiger partial charge in [0.05, 0.1) is 6.04 Å². The normalized spacial score (nSPS) is 14.1. The highest BCUT2D eigenvalue weighted by Crippen LogP contribution is 2.35. The minimum absolute atomic E-state index is 0.323. The van der Waals surface area contributed by atoms with Crippen molar-refractivity contribution in [3.63, 3.8) is 0 Å². The van der Waals surface area contributed by atoms with Crippen LogP contribution in [0.25, 0.3) is 0 Å². The predicted octanol–water partition coefficient (Wildman–Crippen LogP) is 2.46. The van der Waals surface area contributed by atoms with Crippen LogP contribution in [-0.4, -0.2) is 23.0 Å². The summed E-state index contributed by atoms with van der Waals surface area (Å²) in [7, 11) is 0. The number of carbonyl (C=O) groups excluding carboxylic acids is 1. The van der Waals surface area contributed by atoms with Gasteiger partial charge in [0, 0.05) is 12.4 Å². The molecule has 0 unspecified atom stereocenters. The molecule has 0 bridgehead atoms. The second-order valence-electron chi connectivity index (χ2n) is 3.55. The molecule has 0 spiro atoms. The van der Waals surface area contributed by atoms with E-state index in [2.05, 4.69) is 4.98 Å². The SMILES string of the molecule is C[C@H](NC(=O)C(F)(F)C(F)(F)F)c1cccnc1. The molecule has 1 aromatic rings. The molecule has 8 heteroatoms. The molecule has 0 saturated heterocycles. The zero-order chi connectivity index (χ0) is 14.0. The van der Waals surface area contributed by atoms with Crippen LogP contribution in [0.5, 0.6) is 0 Å². The third-order valence-corrected chi connectivity index (χ3v) is 2.17. The maximum atomic E-state index is 12.6. The molecule has 1 amide bonds. The van der Waals surface area contributed by atoms with Crippen LogP contribution < -0.4 is 5.32 Å². The number of carbonyl (C=O) groups is 1. The summed E-state index contributed by atoms with van der Waals surface area (Å²) >= 11 is 0. The van der Waals surface area contributed by atoms with Crippen molar-refractivity contribution in [1.82, 2.24) is 10.3 Å². The Hall–Kier alpha value is -1.73. The van der Waals surface area contributed by atoms with Crippen LogP contribution in [0.3, 0.4) is 0 Å². The first-order valence-corrected chi connectivity index (χ1v) is 4.81. The molecule has 1 heterocycles. The Morgan fingerprint density at radius 3 is 2.39 bits per heavy atom. The molecular weight excluding hydrogens is 259 g/mol. The van der Waals surface area contributed by atoms with E-state index in [1.165, 1.54) is 31.5 Å². The van der Waals surface area contributed by atoms with Gasteiger partial charge in [-0.3, -0.25) is 9.78 Å². The molecule has 1 N–H and O–H groups in total. The Balaban J connectivity index is 2.78. The molecule has 0 saturated carbocycles. The highest BCUT2D eigenvalue weighted by molar-refractivity contribution is 5.84. The van der Waals surface area contributed by atoms with Gasteiger partial charge < -0.3 is 5.32 Å². The number of hydrogen-bond acceptors (Lipinski definition) is 2. The molecule has 100 valence electrons. The zero-order valence-electron chi connectivity index (χ0n) is 9.13. The number of nitrogens with zero attached hydrogens (tertiary/aromatic N) is 1. The smallest absolute Gasteiger partial charge is 0.344 e. The van der Waals surface area contributed by atoms with E-state index in [4.69, 9.17) is 0 Å². The third-order valence-electron chi connectivity index (χ3n) is 2.17. The van der Waals surface area contributed by atoms with Crippen molar-refractivity contribution in [2.45, 2.75) is 25.1 Å². The average Bonchev–Trinajstić information content (AvgIpc) is 2.28. The van der Waals surface area contributed by atoms with Crippen molar-refractivity contribution in [3.05, 3.63) is 30.1 Å². The number of hydrogen-bond donors (Lipinski definition) is 1. The van der Waals surface area contributed by atoms with Gasteiger partial charge >= 0.3 is 18.0 Å². The Morgan fingerprint density at radius 2 is 1.94 bits per heavy atom. The largest absolute Gasteiger partial charge is 0.463 e. The molecule has 0 aliphatic rings. The summed E-state index contributed by atoms with van der Waals surface area (Å²) in [5.74, 6) is -7.80. The fraction of sp³-hybridized carbons (Fsp3) is 0.400. The van der Waals surface area contributed by atoms with Crippen LogP contribution >= 0.6 is 0 Å². The van der Waals surface area contributed by atoms with Crippen molar-refractivity contribution >= 4 is 5.91 Å². The highest BCUT2D eigenvalue weighted by atomic mass is 19.4. The minimum Gasteiger partial charge on any atom is -0.344 e. The number of halogens is 5. The van der Waals surface area contributed by atoms with Crippen LogP contribution in [0.1, 0.15) is 18.5 Å². The van der Waals surface area contributed by atoms with E-state index in [1.54, 1.807) is 5.32 Å². The first kappa shape index (κ1) is 14.3. The van der Waals surface area contributed by atoms with E-state index in [-0.39, 0.29) is 0 Å². The number of nitrogens with one attached hydrogen (secondary N) is 1. The van der Waals surface area contributed by atoms with Gasteiger partial charge in [0.15, 0.2) is 0 Å². The fourth-order valence-corrected chi connectivity index (χ4v) is 1.13. The lowest BCUT2D eigenvalue weighted by Crippen LogP contribution is -2.50. The van der Waals surface area contributed by atoms with Crippen molar-refractivity contribution in [2.24, 2.45) is 0 Å². The summed E-state index contributed by atoms with van der Waals surface area (Å²) in [5.41, 5.74) is 0.323. The monoisotopic (exact) mass is 268 g/mol. The van der Waals surface area contributed by atoms with Crippen molar-refractivity contribution in [3.8, 4) is 0 Å². The lowest BCUT2D eigenvalue weighted by atomic mass is 10.1. The number of pyridine rings is 1. The molecule has 18 heavy (non-hydrogen) atoms. The molecule has 1 aromatic heterocycles. The second-order valence-corrected chi connectivity index (χ2v) is 3.55. The van der Waals surface area contributed by atoms with Gasteiger partial charge in [0.25, 0.3) is 0 Å². The van der Waals surface area contributed by atoms with Gasteiger partial charge in [0.2, 0.25) is 0 Å². The van der Waals surface area contributed by atoms with Gasteiger partial charge in [-0.1, -0.05) is 6.07 Å². The molecular formula is C10H9F5N2O. The number of amides is 1. The molecule has 1 atom stereocenters. The standard InChI is InChI=1S/C10H9F5N2O/c1-6(7-3-2-4-16-5-7)17-8(18)9(11,12)10(13,14)15/h2-6H,1H3,(H,17,18)/t6-/m0/s1. The van der Waals surface area contributed by atoms with Crippen molar-refractivity contribution in [1.29, 1.82) is 0 Å². The van der Waals surface area contributed by atoms with E-state index >= 15 is 0 Å². The quantitative estimate of drug-likeness (QED) is 0.855. The maximum Gasteiger partial charge on any atom is 0.463 e. The first-order chi connectivity index (χ1) is 8.16. The van der Waals surface area contributed by atoms with Crippen LogP contribution in [-0.2, 0) is 4.79 Å². The summed E-state index contributed by atoms with van der Waals surface area (Å²) in [6, 6.07) is 1.92. The van der Waals surface area contributed by atoms with E-state index in [9.17, 15) is 26.7 Å². The van der Waals surface area contributed by atoms with E-state index in [1.807, 2.05) is 0 Å². The summed E-state index contributed by atoms with van der Waals surface area (Å²) < 4.78 is 61.0. The van der Waals surface area contributed by atoms with Crippen LogP contribution in [0, 0.1) is 0 Å². The molecule has 0 aliphatic heterocycles. The summed E-state index contributed by atoms with van der Waals surface area (Å²) in [6.07, 6.45) is -3.25.